The van der Waals surface area contributed by atoms with Crippen molar-refractivity contribution >= 4 is 17.6 Å². The lowest BCUT2D eigenvalue weighted by Gasteiger charge is -2.19. The van der Waals surface area contributed by atoms with Crippen LogP contribution in [0.2, 0.25) is 0 Å². The van der Waals surface area contributed by atoms with Gasteiger partial charge in [0.25, 0.3) is 5.69 Å². The van der Waals surface area contributed by atoms with Gasteiger partial charge < -0.3 is 14.5 Å². The minimum absolute atomic E-state index is 0.0280. The number of para-hydroxylation sites is 1. The Hall–Kier alpha value is -4.08. The predicted octanol–water partition coefficient (Wildman–Crippen LogP) is 4.52. The Morgan fingerprint density at radius 2 is 1.88 bits per heavy atom. The van der Waals surface area contributed by atoms with Gasteiger partial charge in [-0.15, -0.1) is 0 Å². The number of oxazole rings is 1. The molecule has 0 aliphatic carbocycles. The molecule has 3 aromatic rings. The summed E-state index contributed by atoms with van der Waals surface area (Å²) in [7, 11) is 0. The molecule has 1 aromatic heterocycles. The summed E-state index contributed by atoms with van der Waals surface area (Å²) >= 11 is 0. The van der Waals surface area contributed by atoms with E-state index >= 15 is 0 Å². The molecule has 1 amide bonds. The van der Waals surface area contributed by atoms with Crippen molar-refractivity contribution in [3.8, 4) is 11.3 Å². The number of rotatable bonds is 10. The molecule has 9 nitrogen and oxygen atoms in total. The number of esters is 1. The Labute approximate surface area is 195 Å². The zero-order chi connectivity index (χ0) is 24.7. The van der Waals surface area contributed by atoms with Crippen LogP contribution in [-0.4, -0.2) is 27.9 Å². The molecule has 1 heterocycles. The lowest BCUT2D eigenvalue weighted by molar-refractivity contribution is -0.385. The van der Waals surface area contributed by atoms with Crippen molar-refractivity contribution in [2.45, 2.75) is 45.3 Å². The van der Waals surface area contributed by atoms with E-state index in [0.717, 1.165) is 0 Å². The quantitative estimate of drug-likeness (QED) is 0.263. The van der Waals surface area contributed by atoms with Gasteiger partial charge in [-0.1, -0.05) is 18.2 Å². The van der Waals surface area contributed by atoms with Crippen LogP contribution < -0.4 is 5.32 Å². The van der Waals surface area contributed by atoms with Crippen molar-refractivity contribution < 1.29 is 28.1 Å². The lowest BCUT2D eigenvalue weighted by atomic mass is 10.0. The minimum Gasteiger partial charge on any atom is -0.463 e. The zero-order valence-electron chi connectivity index (χ0n) is 18.7. The molecule has 0 radical (unpaired) electrons. The highest BCUT2D eigenvalue weighted by Crippen LogP contribution is 2.28. The molecule has 0 saturated heterocycles. The van der Waals surface area contributed by atoms with Crippen LogP contribution in [-0.2, 0) is 20.7 Å². The number of nitro benzene ring substituents is 1. The number of nitrogens with one attached hydrogen (secondary N) is 1. The third-order valence-corrected chi connectivity index (χ3v) is 4.83. The Morgan fingerprint density at radius 3 is 2.56 bits per heavy atom. The molecule has 10 heteroatoms. The first-order valence-corrected chi connectivity index (χ1v) is 10.7. The third kappa shape index (κ3) is 6.71. The monoisotopic (exact) mass is 469 g/mol. The summed E-state index contributed by atoms with van der Waals surface area (Å²) in [6.45, 7) is 3.38. The van der Waals surface area contributed by atoms with Crippen molar-refractivity contribution in [3.05, 3.63) is 82.1 Å². The molecule has 3 rings (SSSR count). The number of carbonyl (C=O) groups is 2. The highest BCUT2D eigenvalue weighted by molar-refractivity contribution is 5.78. The number of ether oxygens (including phenoxy) is 1. The average molecular weight is 469 g/mol. The summed E-state index contributed by atoms with van der Waals surface area (Å²) in [5, 5.41) is 14.2. The van der Waals surface area contributed by atoms with Gasteiger partial charge in [0.05, 0.1) is 35.3 Å². The molecule has 1 N–H and O–H groups in total. The summed E-state index contributed by atoms with van der Waals surface area (Å²) < 4.78 is 23.9. The normalized spacial score (nSPS) is 11.8. The molecule has 0 fully saturated rings. The molecular weight excluding hydrogens is 445 g/mol. The number of halogens is 1. The zero-order valence-corrected chi connectivity index (χ0v) is 18.7. The molecule has 0 spiro atoms. The fraction of sp³-hybridized carbons (Fsp3) is 0.292. The largest absolute Gasteiger partial charge is 0.463 e. The Morgan fingerprint density at radius 1 is 1.18 bits per heavy atom. The predicted molar refractivity (Wildman–Crippen MR) is 120 cm³/mol. The number of amides is 1. The van der Waals surface area contributed by atoms with E-state index in [0.29, 0.717) is 17.2 Å². The number of aromatic nitrogens is 1. The van der Waals surface area contributed by atoms with Gasteiger partial charge in [0.1, 0.15) is 5.82 Å². The number of nitro groups is 1. The number of benzene rings is 2. The van der Waals surface area contributed by atoms with E-state index in [1.54, 1.807) is 32.0 Å². The van der Waals surface area contributed by atoms with E-state index < -0.39 is 22.8 Å². The summed E-state index contributed by atoms with van der Waals surface area (Å²) in [5.41, 5.74) is 0.641. The average Bonchev–Trinajstić information content (AvgIpc) is 3.26. The van der Waals surface area contributed by atoms with Crippen molar-refractivity contribution in [2.24, 2.45) is 0 Å². The van der Waals surface area contributed by atoms with E-state index in [2.05, 4.69) is 10.3 Å². The first-order valence-electron chi connectivity index (χ1n) is 10.7. The fourth-order valence-electron chi connectivity index (χ4n) is 3.33. The van der Waals surface area contributed by atoms with Crippen LogP contribution in [0, 0.1) is 15.9 Å². The van der Waals surface area contributed by atoms with Crippen LogP contribution in [0.1, 0.15) is 44.2 Å². The smallest absolute Gasteiger partial charge is 0.308 e. The second kappa shape index (κ2) is 11.2. The van der Waals surface area contributed by atoms with Crippen LogP contribution in [0.15, 0.2) is 59.1 Å². The lowest BCUT2D eigenvalue weighted by Crippen LogP contribution is -2.31. The van der Waals surface area contributed by atoms with E-state index in [9.17, 15) is 24.1 Å². The first kappa shape index (κ1) is 24.6. The molecule has 1 unspecified atom stereocenters. The minimum atomic E-state index is -0.945. The Balaban J connectivity index is 1.69. The van der Waals surface area contributed by atoms with Gasteiger partial charge >= 0.3 is 5.97 Å². The number of hydrogen-bond donors (Lipinski definition) is 1. The van der Waals surface area contributed by atoms with E-state index in [1.807, 2.05) is 0 Å². The third-order valence-electron chi connectivity index (χ3n) is 4.83. The highest BCUT2D eigenvalue weighted by Gasteiger charge is 2.26. The second-order valence-corrected chi connectivity index (χ2v) is 7.80. The summed E-state index contributed by atoms with van der Waals surface area (Å²) in [4.78, 5) is 39.9. The molecule has 2 aromatic carbocycles. The van der Waals surface area contributed by atoms with E-state index in [4.69, 9.17) is 9.15 Å². The van der Waals surface area contributed by atoms with Gasteiger partial charge in [0.2, 0.25) is 5.91 Å². The summed E-state index contributed by atoms with van der Waals surface area (Å²) in [6.07, 6.45) is 0.989. The first-order chi connectivity index (χ1) is 16.2. The maximum atomic E-state index is 13.1. The molecule has 0 bridgehead atoms. The van der Waals surface area contributed by atoms with Crippen LogP contribution in [0.25, 0.3) is 11.3 Å². The number of nitrogens with zero attached hydrogens (tertiary/aromatic N) is 2. The molecule has 1 atom stereocenters. The maximum Gasteiger partial charge on any atom is 0.308 e. The van der Waals surface area contributed by atoms with Crippen molar-refractivity contribution in [1.82, 2.24) is 10.3 Å². The Bertz CT molecular complexity index is 1160. The van der Waals surface area contributed by atoms with Crippen LogP contribution >= 0.6 is 0 Å². The van der Waals surface area contributed by atoms with Crippen LogP contribution in [0.3, 0.4) is 0 Å². The van der Waals surface area contributed by atoms with Gasteiger partial charge in [0, 0.05) is 24.5 Å². The molecule has 0 saturated carbocycles. The van der Waals surface area contributed by atoms with Crippen molar-refractivity contribution in [1.29, 1.82) is 0 Å². The molecular formula is C24H24FN3O6. The summed E-state index contributed by atoms with van der Waals surface area (Å²) in [5.74, 6) is -0.664. The highest BCUT2D eigenvalue weighted by atomic mass is 19.1. The topological polar surface area (TPSA) is 125 Å². The van der Waals surface area contributed by atoms with E-state index in [1.165, 1.54) is 36.5 Å². The fourth-order valence-corrected chi connectivity index (χ4v) is 3.33. The number of carbonyl (C=O) groups excluding carboxylic acids is 2. The van der Waals surface area contributed by atoms with Gasteiger partial charge in [-0.3, -0.25) is 19.7 Å². The van der Waals surface area contributed by atoms with Gasteiger partial charge in [-0.25, -0.2) is 9.37 Å². The Kier molecular flexibility index (Phi) is 8.07. The van der Waals surface area contributed by atoms with Crippen LogP contribution in [0.5, 0.6) is 0 Å². The van der Waals surface area contributed by atoms with Gasteiger partial charge in [-0.2, -0.15) is 0 Å². The second-order valence-electron chi connectivity index (χ2n) is 7.80. The van der Waals surface area contributed by atoms with Crippen LogP contribution in [0.4, 0.5) is 10.1 Å². The number of aryl methyl sites for hydroxylation is 1. The van der Waals surface area contributed by atoms with Crippen molar-refractivity contribution in [3.63, 3.8) is 0 Å². The molecule has 34 heavy (non-hydrogen) atoms. The van der Waals surface area contributed by atoms with Gasteiger partial charge in [-0.05, 0) is 38.1 Å². The summed E-state index contributed by atoms with van der Waals surface area (Å²) in [6, 6.07) is 10.7. The number of hydrogen-bond acceptors (Lipinski definition) is 7. The van der Waals surface area contributed by atoms with E-state index in [-0.39, 0.29) is 42.4 Å². The van der Waals surface area contributed by atoms with Crippen molar-refractivity contribution in [2.75, 3.05) is 0 Å². The molecule has 0 aliphatic rings. The maximum absolute atomic E-state index is 13.1. The molecule has 0 aliphatic heterocycles. The SMILES string of the molecule is CC(C)OC(=O)CC(NC(=O)CCc1ncc(-c2ccc(F)cc2)o1)c1ccccc1[N+](=O)[O-]. The van der Waals surface area contributed by atoms with Gasteiger partial charge in [0.15, 0.2) is 11.7 Å². The standard InChI is InChI=1S/C24H24FN3O6/c1-15(2)33-24(30)13-19(18-5-3-4-6-20(18)28(31)32)27-22(29)11-12-23-26-14-21(34-23)16-7-9-17(25)10-8-16/h3-10,14-15,19H,11-13H2,1-2H3,(H,27,29). The molecule has 178 valence electrons.